The van der Waals surface area contributed by atoms with E-state index in [9.17, 15) is 4.21 Å². The predicted molar refractivity (Wildman–Crippen MR) is 67.9 cm³/mol. The Balaban J connectivity index is 3.32. The Morgan fingerprint density at radius 3 is 1.92 bits per heavy atom. The molecule has 0 radical (unpaired) electrons. The Bertz CT molecular complexity index is 184. The maximum absolute atomic E-state index is 11.8. The second kappa shape index (κ2) is 5.46. The Morgan fingerprint density at radius 2 is 1.46 bits per heavy atom. The van der Waals surface area contributed by atoms with Crippen LogP contribution in [0.3, 0.4) is 0 Å². The quantitative estimate of drug-likeness (QED) is 0.479. The van der Waals surface area contributed by atoms with Gasteiger partial charge in [0.25, 0.3) is 0 Å². The summed E-state index contributed by atoms with van der Waals surface area (Å²) in [5.74, 6) is 0.869. The van der Waals surface area contributed by atoms with Gasteiger partial charge in [0.05, 0.1) is 0 Å². The third kappa shape index (κ3) is 12.6. The molecule has 1 nitrogen and oxygen atoms in total. The highest BCUT2D eigenvalue weighted by atomic mass is 32.8. The lowest BCUT2D eigenvalue weighted by molar-refractivity contribution is 0.620. The fourth-order valence-electron chi connectivity index (χ4n) is 1.31. The van der Waals surface area contributed by atoms with E-state index in [1.165, 1.54) is 32.1 Å². The van der Waals surface area contributed by atoms with Crippen LogP contribution in [0.5, 0.6) is 0 Å². The van der Waals surface area contributed by atoms with E-state index in [1.54, 1.807) is 0 Å². The summed E-state index contributed by atoms with van der Waals surface area (Å²) in [4.78, 5) is 0. The summed E-state index contributed by atoms with van der Waals surface area (Å²) < 4.78 is 11.8. The van der Waals surface area contributed by atoms with Crippen molar-refractivity contribution in [2.75, 3.05) is 18.3 Å². The van der Waals surface area contributed by atoms with Crippen LogP contribution in [0, 0.1) is 0 Å². The molecule has 0 aliphatic rings. The molecule has 1 atom stereocenters. The van der Waals surface area contributed by atoms with Gasteiger partial charge in [-0.2, -0.15) is 0 Å². The summed E-state index contributed by atoms with van der Waals surface area (Å²) >= 11 is 0. The highest BCUT2D eigenvalue weighted by Gasteiger charge is 2.16. The summed E-state index contributed by atoms with van der Waals surface area (Å²) in [6, 6.07) is 0. The van der Waals surface area contributed by atoms with Crippen molar-refractivity contribution in [3.63, 3.8) is 0 Å². The van der Waals surface area contributed by atoms with Gasteiger partial charge in [0.15, 0.2) is 0 Å². The van der Waals surface area contributed by atoms with Gasteiger partial charge in [-0.1, -0.05) is 56.2 Å². The van der Waals surface area contributed by atoms with Gasteiger partial charge >= 0.3 is 0 Å². The average Bonchev–Trinajstić information content (AvgIpc) is 1.93. The van der Waals surface area contributed by atoms with E-state index in [0.717, 1.165) is 12.2 Å². The third-order valence-corrected chi connectivity index (χ3v) is 4.32. The Kier molecular flexibility index (Phi) is 5.70. The second-order valence-corrected chi connectivity index (χ2v) is 13.8. The minimum absolute atomic E-state index is 0.869. The van der Waals surface area contributed by atoms with Crippen LogP contribution in [-0.4, -0.2) is 22.5 Å². The van der Waals surface area contributed by atoms with Crippen molar-refractivity contribution in [1.82, 2.24) is 0 Å². The first-order valence-corrected chi connectivity index (χ1v) is 9.64. The molecule has 0 heterocycles. The Labute approximate surface area is 85.4 Å². The molecule has 13 heavy (non-hydrogen) atoms. The first kappa shape index (κ1) is 13.6. The summed E-state index contributed by atoms with van der Waals surface area (Å²) in [5.41, 5.74) is 0. The smallest absolute Gasteiger partial charge is 0.00599 e. The molecule has 0 spiro atoms. The molecule has 3 heteroatoms. The largest absolute Gasteiger partial charge is 0.279 e. The second-order valence-electron chi connectivity index (χ2n) is 4.64. The molecule has 82 valence electrons. The number of rotatable bonds is 7. The number of hydrogen-bond donors (Lipinski definition) is 0. The van der Waals surface area contributed by atoms with Gasteiger partial charge in [-0.15, -0.1) is 0 Å². The molecule has 0 aromatic rings. The van der Waals surface area contributed by atoms with Crippen LogP contribution in [-0.2, 0) is 8.69 Å². The van der Waals surface area contributed by atoms with Crippen LogP contribution < -0.4 is 0 Å². The fraction of sp³-hybridized carbons (Fsp3) is 1.00. The van der Waals surface area contributed by atoms with Crippen LogP contribution in [0.15, 0.2) is 0 Å². The van der Waals surface area contributed by atoms with E-state index in [4.69, 9.17) is 0 Å². The fourth-order valence-corrected chi connectivity index (χ4v) is 2.88. The van der Waals surface area contributed by atoms with Crippen molar-refractivity contribution in [3.8, 4) is 0 Å². The maximum Gasteiger partial charge on any atom is 0.00599 e. The van der Waals surface area contributed by atoms with Crippen LogP contribution >= 0.6 is 8.44 Å². The van der Waals surface area contributed by atoms with Gasteiger partial charge in [0.1, 0.15) is 0 Å². The number of unbranched alkanes of at least 4 members (excludes halogenated alkanes) is 5. The molecule has 0 aliphatic heterocycles. The Hall–Kier alpha value is 0.580. The Morgan fingerprint density at radius 1 is 1.00 bits per heavy atom. The van der Waals surface area contributed by atoms with Crippen molar-refractivity contribution >= 4 is 17.1 Å². The molecule has 0 amide bonds. The molecular weight excluding hydrogens is 199 g/mol. The van der Waals surface area contributed by atoms with Crippen LogP contribution in [0.25, 0.3) is 0 Å². The van der Waals surface area contributed by atoms with Gasteiger partial charge in [-0.25, -0.2) is 0 Å². The first-order valence-electron chi connectivity index (χ1n) is 5.21. The normalized spacial score (nSPS) is 15.2. The zero-order valence-electron chi connectivity index (χ0n) is 9.34. The standard InChI is InChI=1S/C10H25OPS/c1-4-5-6-7-8-9-10-13(2,3,11)12/h4-10,12H2,1-3H3. The lowest BCUT2D eigenvalue weighted by Crippen LogP contribution is -2.24. The van der Waals surface area contributed by atoms with Crippen molar-refractivity contribution in [3.05, 3.63) is 0 Å². The molecule has 0 saturated heterocycles. The molecule has 0 fully saturated rings. The van der Waals surface area contributed by atoms with Crippen LogP contribution in [0.1, 0.15) is 45.4 Å². The SMILES string of the molecule is CCCCCCCCS(C)(C)(=O)P. The summed E-state index contributed by atoms with van der Waals surface area (Å²) in [7, 11) is 0.247. The van der Waals surface area contributed by atoms with E-state index in [0.29, 0.717) is 0 Å². The average molecular weight is 224 g/mol. The summed E-state index contributed by atoms with van der Waals surface area (Å²) in [5, 5.41) is 0. The van der Waals surface area contributed by atoms with Crippen molar-refractivity contribution < 1.29 is 4.21 Å². The van der Waals surface area contributed by atoms with Gasteiger partial charge < -0.3 is 0 Å². The van der Waals surface area contributed by atoms with Crippen LogP contribution in [0.2, 0.25) is 0 Å². The maximum atomic E-state index is 11.8. The molecule has 1 unspecified atom stereocenters. The van der Waals surface area contributed by atoms with E-state index in [-0.39, 0.29) is 0 Å². The highest BCUT2D eigenvalue weighted by molar-refractivity contribution is 8.56. The zero-order chi connectivity index (χ0) is 10.4. The topological polar surface area (TPSA) is 17.1 Å². The summed E-state index contributed by atoms with van der Waals surface area (Å²) in [6.45, 7) is 2.23. The van der Waals surface area contributed by atoms with Gasteiger partial charge in [-0.3, -0.25) is 4.21 Å². The lowest BCUT2D eigenvalue weighted by atomic mass is 10.1. The molecule has 0 aromatic heterocycles. The molecule has 0 bridgehead atoms. The van der Waals surface area contributed by atoms with E-state index < -0.39 is 8.69 Å². The van der Waals surface area contributed by atoms with Gasteiger partial charge in [0, 0.05) is 5.75 Å². The van der Waals surface area contributed by atoms with Gasteiger partial charge in [0.2, 0.25) is 0 Å². The zero-order valence-corrected chi connectivity index (χ0v) is 11.3. The monoisotopic (exact) mass is 224 g/mol. The summed E-state index contributed by atoms with van der Waals surface area (Å²) in [6.07, 6.45) is 11.4. The van der Waals surface area contributed by atoms with E-state index in [2.05, 4.69) is 15.4 Å². The first-order chi connectivity index (χ1) is 5.81. The van der Waals surface area contributed by atoms with Crippen molar-refractivity contribution in [2.45, 2.75) is 45.4 Å². The number of hydrogen-bond acceptors (Lipinski definition) is 1. The van der Waals surface area contributed by atoms with Gasteiger partial charge in [-0.05, 0) is 18.9 Å². The molecular formula is C10H25OPS. The van der Waals surface area contributed by atoms with Crippen molar-refractivity contribution in [2.24, 2.45) is 0 Å². The van der Waals surface area contributed by atoms with Crippen LogP contribution in [0.4, 0.5) is 0 Å². The lowest BCUT2D eigenvalue weighted by Gasteiger charge is -2.27. The molecule has 0 rings (SSSR count). The van der Waals surface area contributed by atoms with E-state index >= 15 is 0 Å². The minimum atomic E-state index is -2.29. The highest BCUT2D eigenvalue weighted by Crippen LogP contribution is 2.28. The predicted octanol–water partition coefficient (Wildman–Crippen LogP) is 3.22. The molecule has 0 aromatic carbocycles. The molecule has 0 N–H and O–H groups in total. The van der Waals surface area contributed by atoms with E-state index in [1.807, 2.05) is 12.5 Å². The molecule has 0 saturated carbocycles. The van der Waals surface area contributed by atoms with Crippen molar-refractivity contribution in [1.29, 1.82) is 0 Å². The minimum Gasteiger partial charge on any atom is -0.279 e. The third-order valence-electron chi connectivity index (χ3n) is 2.11. The molecule has 0 aliphatic carbocycles.